The van der Waals surface area contributed by atoms with E-state index in [0.29, 0.717) is 16.9 Å². The van der Waals surface area contributed by atoms with Gasteiger partial charge in [-0.05, 0) is 73.1 Å². The number of thiocarbonyl (C=S) groups is 1. The molecular formula is C25H33ClN4OS. The number of pyridine rings is 1. The van der Waals surface area contributed by atoms with Crippen LogP contribution < -0.4 is 15.5 Å². The molecule has 0 aliphatic carbocycles. The second-order valence-corrected chi connectivity index (χ2v) is 10.3. The summed E-state index contributed by atoms with van der Waals surface area (Å²) in [6.45, 7) is 8.99. The summed E-state index contributed by atoms with van der Waals surface area (Å²) in [5.74, 6) is 2.44. The molecule has 2 atom stereocenters. The topological polar surface area (TPSA) is 49.4 Å². The number of piperidine rings is 1. The Kier molecular flexibility index (Phi) is 7.54. The highest BCUT2D eigenvalue weighted by molar-refractivity contribution is 7.80. The number of aromatic nitrogens is 1. The van der Waals surface area contributed by atoms with Crippen LogP contribution in [0.25, 0.3) is 0 Å². The van der Waals surface area contributed by atoms with Gasteiger partial charge in [-0.3, -0.25) is 0 Å². The van der Waals surface area contributed by atoms with Gasteiger partial charge in [-0.2, -0.15) is 0 Å². The van der Waals surface area contributed by atoms with Crippen LogP contribution in [0.15, 0.2) is 42.6 Å². The molecule has 1 aromatic carbocycles. The van der Waals surface area contributed by atoms with Crippen LogP contribution in [-0.2, 0) is 10.2 Å². The van der Waals surface area contributed by atoms with Crippen molar-refractivity contribution < 1.29 is 4.74 Å². The van der Waals surface area contributed by atoms with Crippen LogP contribution in [0, 0.1) is 11.8 Å². The zero-order chi connectivity index (χ0) is 22.6. The Bertz CT molecular complexity index is 906. The number of nitrogens with zero attached hydrogens (tertiary/aromatic N) is 2. The molecule has 2 unspecified atom stereocenters. The zero-order valence-electron chi connectivity index (χ0n) is 18.9. The zero-order valence-corrected chi connectivity index (χ0v) is 20.5. The van der Waals surface area contributed by atoms with Crippen LogP contribution in [0.4, 0.5) is 11.5 Å². The lowest BCUT2D eigenvalue weighted by atomic mass is 9.74. The summed E-state index contributed by atoms with van der Waals surface area (Å²) in [6.07, 6.45) is 5.03. The normalized spacial score (nSPS) is 22.9. The molecule has 7 heteroatoms. The molecule has 0 spiro atoms. The van der Waals surface area contributed by atoms with Crippen molar-refractivity contribution in [3.8, 4) is 0 Å². The van der Waals surface area contributed by atoms with E-state index in [-0.39, 0.29) is 5.41 Å². The van der Waals surface area contributed by atoms with Crippen molar-refractivity contribution in [1.82, 2.24) is 10.3 Å². The van der Waals surface area contributed by atoms with E-state index < -0.39 is 0 Å². The first-order chi connectivity index (χ1) is 15.4. The molecule has 0 radical (unpaired) electrons. The molecule has 5 nitrogen and oxygen atoms in total. The van der Waals surface area contributed by atoms with E-state index in [0.717, 1.165) is 62.2 Å². The highest BCUT2D eigenvalue weighted by atomic mass is 35.5. The van der Waals surface area contributed by atoms with Crippen molar-refractivity contribution in [3.63, 3.8) is 0 Å². The summed E-state index contributed by atoms with van der Waals surface area (Å²) >= 11 is 11.9. The molecule has 172 valence electrons. The highest BCUT2D eigenvalue weighted by Crippen LogP contribution is 2.35. The molecule has 3 heterocycles. The molecule has 4 rings (SSSR count). The monoisotopic (exact) mass is 472 g/mol. The van der Waals surface area contributed by atoms with Crippen molar-refractivity contribution >= 4 is 40.4 Å². The first kappa shape index (κ1) is 23.3. The minimum Gasteiger partial charge on any atom is -0.381 e. The van der Waals surface area contributed by atoms with E-state index in [1.54, 1.807) is 0 Å². The quantitative estimate of drug-likeness (QED) is 0.579. The largest absolute Gasteiger partial charge is 0.381 e. The van der Waals surface area contributed by atoms with Gasteiger partial charge in [0.1, 0.15) is 5.82 Å². The van der Waals surface area contributed by atoms with Crippen LogP contribution >= 0.6 is 23.8 Å². The van der Waals surface area contributed by atoms with Crippen LogP contribution in [0.2, 0.25) is 5.02 Å². The number of halogens is 1. The Morgan fingerprint density at radius 1 is 1.19 bits per heavy atom. The Morgan fingerprint density at radius 2 is 1.94 bits per heavy atom. The van der Waals surface area contributed by atoms with E-state index in [9.17, 15) is 0 Å². The van der Waals surface area contributed by atoms with Crippen LogP contribution in [0.5, 0.6) is 0 Å². The summed E-state index contributed by atoms with van der Waals surface area (Å²) in [6, 6.07) is 12.3. The van der Waals surface area contributed by atoms with E-state index in [1.165, 1.54) is 12.0 Å². The van der Waals surface area contributed by atoms with Gasteiger partial charge < -0.3 is 20.3 Å². The maximum Gasteiger partial charge on any atom is 0.170 e. The fraction of sp³-hybridized carbons (Fsp3) is 0.520. The van der Waals surface area contributed by atoms with Crippen molar-refractivity contribution in [2.45, 2.75) is 38.5 Å². The smallest absolute Gasteiger partial charge is 0.170 e. The summed E-state index contributed by atoms with van der Waals surface area (Å²) < 4.78 is 5.63. The van der Waals surface area contributed by atoms with Gasteiger partial charge in [0.15, 0.2) is 5.11 Å². The summed E-state index contributed by atoms with van der Waals surface area (Å²) in [5.41, 5.74) is 2.09. The third-order valence-corrected chi connectivity index (χ3v) is 7.15. The van der Waals surface area contributed by atoms with Gasteiger partial charge in [-0.1, -0.05) is 37.6 Å². The second kappa shape index (κ2) is 10.4. The molecule has 1 aromatic heterocycles. The number of nitrogens with one attached hydrogen (secondary N) is 2. The maximum atomic E-state index is 6.28. The molecule has 2 aromatic rings. The first-order valence-corrected chi connectivity index (χ1v) is 12.3. The predicted octanol–water partition coefficient (Wildman–Crippen LogP) is 5.25. The molecule has 0 bridgehead atoms. The van der Waals surface area contributed by atoms with Crippen molar-refractivity contribution in [3.05, 3.63) is 53.2 Å². The van der Waals surface area contributed by atoms with E-state index in [2.05, 4.69) is 53.6 Å². The van der Waals surface area contributed by atoms with Gasteiger partial charge in [0.05, 0.1) is 11.9 Å². The van der Waals surface area contributed by atoms with E-state index in [4.69, 9.17) is 33.5 Å². The molecule has 2 aliphatic heterocycles. The third-order valence-electron chi connectivity index (χ3n) is 6.67. The Labute approximate surface area is 201 Å². The first-order valence-electron chi connectivity index (χ1n) is 11.5. The number of rotatable bonds is 5. The molecule has 2 aliphatic rings. The predicted molar refractivity (Wildman–Crippen MR) is 137 cm³/mol. The molecule has 2 N–H and O–H groups in total. The van der Waals surface area contributed by atoms with E-state index in [1.807, 2.05) is 18.3 Å². The average molecular weight is 473 g/mol. The third kappa shape index (κ3) is 5.72. The molecule has 0 saturated carbocycles. The average Bonchev–Trinajstić information content (AvgIpc) is 2.78. The molecule has 2 saturated heterocycles. The summed E-state index contributed by atoms with van der Waals surface area (Å²) in [4.78, 5) is 7.08. The fourth-order valence-electron chi connectivity index (χ4n) is 5.07. The van der Waals surface area contributed by atoms with Crippen LogP contribution in [0.3, 0.4) is 0 Å². The lowest BCUT2D eigenvalue weighted by Gasteiger charge is -2.38. The SMILES string of the molecule is CC1CC(C)CN(c2ccc(NC(=S)NCC3(c4cccc(Cl)c4)CCOCC3)cn2)C1. The Morgan fingerprint density at radius 3 is 2.59 bits per heavy atom. The molecular weight excluding hydrogens is 440 g/mol. The molecule has 32 heavy (non-hydrogen) atoms. The number of ether oxygens (including phenoxy) is 1. The standard InChI is InChI=1S/C25H33ClN4OS/c1-18-12-19(2)16-30(15-18)23-7-6-22(14-27-23)29-24(32)28-17-25(8-10-31-11-9-25)20-4-3-5-21(26)13-20/h3-7,13-14,18-19H,8-12,15-17H2,1-2H3,(H2,28,29,32). The van der Waals surface area contributed by atoms with Gasteiger partial charge in [-0.15, -0.1) is 0 Å². The minimum absolute atomic E-state index is 0.0430. The molecule has 2 fully saturated rings. The number of anilines is 2. The van der Waals surface area contributed by atoms with Gasteiger partial charge in [0, 0.05) is 43.3 Å². The lowest BCUT2D eigenvalue weighted by molar-refractivity contribution is 0.0515. The molecule has 0 amide bonds. The number of hydrogen-bond donors (Lipinski definition) is 2. The maximum absolute atomic E-state index is 6.28. The van der Waals surface area contributed by atoms with Crippen molar-refractivity contribution in [2.24, 2.45) is 11.8 Å². The van der Waals surface area contributed by atoms with Crippen LogP contribution in [-0.4, -0.2) is 42.9 Å². The lowest BCUT2D eigenvalue weighted by Crippen LogP contribution is -2.45. The summed E-state index contributed by atoms with van der Waals surface area (Å²) in [7, 11) is 0. The van der Waals surface area contributed by atoms with Gasteiger partial charge >= 0.3 is 0 Å². The number of hydrogen-bond acceptors (Lipinski definition) is 4. The number of benzene rings is 1. The van der Waals surface area contributed by atoms with Gasteiger partial charge in [-0.25, -0.2) is 4.98 Å². The Hall–Kier alpha value is -1.89. The Balaban J connectivity index is 1.36. The van der Waals surface area contributed by atoms with E-state index >= 15 is 0 Å². The van der Waals surface area contributed by atoms with Gasteiger partial charge in [0.2, 0.25) is 0 Å². The van der Waals surface area contributed by atoms with Crippen molar-refractivity contribution in [1.29, 1.82) is 0 Å². The van der Waals surface area contributed by atoms with Crippen molar-refractivity contribution in [2.75, 3.05) is 43.1 Å². The highest BCUT2D eigenvalue weighted by Gasteiger charge is 2.34. The second-order valence-electron chi connectivity index (χ2n) is 9.47. The minimum atomic E-state index is -0.0430. The van der Waals surface area contributed by atoms with Crippen LogP contribution in [0.1, 0.15) is 38.7 Å². The fourth-order valence-corrected chi connectivity index (χ4v) is 5.45. The van der Waals surface area contributed by atoms with Gasteiger partial charge in [0.25, 0.3) is 0 Å². The summed E-state index contributed by atoms with van der Waals surface area (Å²) in [5, 5.41) is 8.09.